The molecular weight excluding hydrogens is 336 g/mol. The summed E-state index contributed by atoms with van der Waals surface area (Å²) in [5, 5.41) is 2.32. The SMILES string of the molecule is O=C1CN(C(=O)C[S+]([O-])C(c2ccccc2)c2ccccc2)CCN1. The van der Waals surface area contributed by atoms with Crippen molar-refractivity contribution >= 4 is 23.0 Å². The number of hydrogen-bond donors (Lipinski definition) is 1. The maximum atomic E-state index is 13.0. The van der Waals surface area contributed by atoms with E-state index in [9.17, 15) is 14.1 Å². The lowest BCUT2D eigenvalue weighted by atomic mass is 10.0. The highest BCUT2D eigenvalue weighted by Crippen LogP contribution is 2.30. The van der Waals surface area contributed by atoms with Gasteiger partial charge in [0.2, 0.25) is 5.91 Å². The molecule has 1 heterocycles. The summed E-state index contributed by atoms with van der Waals surface area (Å²) in [4.78, 5) is 25.4. The number of carbonyl (C=O) groups excluding carboxylic acids is 2. The predicted octanol–water partition coefficient (Wildman–Crippen LogP) is 1.48. The zero-order valence-corrected chi connectivity index (χ0v) is 14.6. The van der Waals surface area contributed by atoms with Gasteiger partial charge in [-0.15, -0.1) is 0 Å². The van der Waals surface area contributed by atoms with Crippen LogP contribution in [0.2, 0.25) is 0 Å². The number of piperazine rings is 1. The Kier molecular flexibility index (Phi) is 5.73. The second-order valence-electron chi connectivity index (χ2n) is 5.89. The molecule has 2 aromatic rings. The molecule has 0 aromatic heterocycles. The molecular formula is C19H20N2O3S. The van der Waals surface area contributed by atoms with Crippen LogP contribution >= 0.6 is 0 Å². The molecule has 1 atom stereocenters. The second kappa shape index (κ2) is 8.18. The number of carbonyl (C=O) groups is 2. The highest BCUT2D eigenvalue weighted by atomic mass is 32.2. The molecule has 1 N–H and O–H groups in total. The largest absolute Gasteiger partial charge is 0.615 e. The number of nitrogens with zero attached hydrogens (tertiary/aromatic N) is 1. The summed E-state index contributed by atoms with van der Waals surface area (Å²) in [6.07, 6.45) is 0. The van der Waals surface area contributed by atoms with E-state index in [1.165, 1.54) is 4.90 Å². The van der Waals surface area contributed by atoms with Crippen molar-refractivity contribution in [3.63, 3.8) is 0 Å². The molecule has 0 radical (unpaired) electrons. The number of nitrogens with one attached hydrogen (secondary N) is 1. The van der Waals surface area contributed by atoms with Crippen LogP contribution in [-0.2, 0) is 20.8 Å². The van der Waals surface area contributed by atoms with E-state index in [0.29, 0.717) is 13.1 Å². The van der Waals surface area contributed by atoms with Crippen molar-refractivity contribution < 1.29 is 14.1 Å². The van der Waals surface area contributed by atoms with E-state index in [2.05, 4.69) is 5.32 Å². The molecule has 2 amide bonds. The first-order valence-corrected chi connectivity index (χ1v) is 9.55. The molecule has 130 valence electrons. The van der Waals surface area contributed by atoms with Gasteiger partial charge in [-0.3, -0.25) is 9.59 Å². The van der Waals surface area contributed by atoms with Crippen molar-refractivity contribution in [1.29, 1.82) is 0 Å². The first-order valence-electron chi connectivity index (χ1n) is 8.16. The van der Waals surface area contributed by atoms with Gasteiger partial charge in [-0.25, -0.2) is 0 Å². The zero-order chi connectivity index (χ0) is 17.6. The molecule has 3 rings (SSSR count). The van der Waals surface area contributed by atoms with Crippen molar-refractivity contribution in [3.8, 4) is 0 Å². The summed E-state index contributed by atoms with van der Waals surface area (Å²) in [5.41, 5.74) is 1.83. The van der Waals surface area contributed by atoms with Crippen molar-refractivity contribution in [2.45, 2.75) is 5.25 Å². The van der Waals surface area contributed by atoms with E-state index in [4.69, 9.17) is 0 Å². The lowest BCUT2D eigenvalue weighted by Crippen LogP contribution is -2.51. The second-order valence-corrected chi connectivity index (χ2v) is 7.41. The van der Waals surface area contributed by atoms with Crippen molar-refractivity contribution in [1.82, 2.24) is 10.2 Å². The van der Waals surface area contributed by atoms with Gasteiger partial charge < -0.3 is 14.8 Å². The third-order valence-electron chi connectivity index (χ3n) is 4.12. The Morgan fingerprint density at radius 3 is 2.16 bits per heavy atom. The lowest BCUT2D eigenvalue weighted by Gasteiger charge is -2.28. The normalized spacial score (nSPS) is 15.8. The molecule has 0 bridgehead atoms. The molecule has 0 spiro atoms. The van der Waals surface area contributed by atoms with Crippen LogP contribution in [0.3, 0.4) is 0 Å². The molecule has 0 aliphatic carbocycles. The molecule has 1 unspecified atom stereocenters. The fourth-order valence-electron chi connectivity index (χ4n) is 2.90. The smallest absolute Gasteiger partial charge is 0.273 e. The fraction of sp³-hybridized carbons (Fsp3) is 0.263. The maximum absolute atomic E-state index is 13.0. The molecule has 5 nitrogen and oxygen atoms in total. The molecule has 1 fully saturated rings. The molecule has 25 heavy (non-hydrogen) atoms. The topological polar surface area (TPSA) is 72.5 Å². The molecule has 1 saturated heterocycles. The van der Waals surface area contributed by atoms with E-state index >= 15 is 0 Å². The lowest BCUT2D eigenvalue weighted by molar-refractivity contribution is -0.136. The van der Waals surface area contributed by atoms with Gasteiger partial charge in [0.25, 0.3) is 5.91 Å². The van der Waals surface area contributed by atoms with E-state index in [0.717, 1.165) is 11.1 Å². The predicted molar refractivity (Wildman–Crippen MR) is 97.3 cm³/mol. The van der Waals surface area contributed by atoms with Crippen LogP contribution in [0.25, 0.3) is 0 Å². The van der Waals surface area contributed by atoms with Gasteiger partial charge in [0.1, 0.15) is 0 Å². The first kappa shape index (κ1) is 17.5. The third kappa shape index (κ3) is 4.41. The summed E-state index contributed by atoms with van der Waals surface area (Å²) >= 11 is -1.43. The third-order valence-corrected chi connectivity index (χ3v) is 5.73. The van der Waals surface area contributed by atoms with Crippen LogP contribution in [0.5, 0.6) is 0 Å². The number of benzene rings is 2. The Hall–Kier alpha value is -2.31. The van der Waals surface area contributed by atoms with Crippen LogP contribution in [0.1, 0.15) is 16.4 Å². The van der Waals surface area contributed by atoms with Crippen LogP contribution in [-0.4, -0.2) is 46.7 Å². The number of rotatable bonds is 5. The fourth-order valence-corrected chi connectivity index (χ4v) is 4.41. The van der Waals surface area contributed by atoms with Gasteiger partial charge in [0, 0.05) is 24.2 Å². The van der Waals surface area contributed by atoms with E-state index < -0.39 is 11.2 Å². The Morgan fingerprint density at radius 1 is 1.08 bits per heavy atom. The number of hydrogen-bond acceptors (Lipinski definition) is 3. The molecule has 1 aliphatic heterocycles. The molecule has 2 aromatic carbocycles. The van der Waals surface area contributed by atoms with Gasteiger partial charge in [-0.1, -0.05) is 60.7 Å². The van der Waals surface area contributed by atoms with Crippen LogP contribution in [0.4, 0.5) is 0 Å². The van der Waals surface area contributed by atoms with Crippen LogP contribution in [0.15, 0.2) is 60.7 Å². The standard InChI is InChI=1S/C19H20N2O3S/c22-17-13-21(12-11-20-17)18(23)14-25(24)19(15-7-3-1-4-8-15)16-9-5-2-6-10-16/h1-10,19H,11-14H2,(H,20,22). The molecule has 0 saturated carbocycles. The Balaban J connectivity index is 1.79. The summed E-state index contributed by atoms with van der Waals surface area (Å²) in [5.74, 6) is -0.514. The minimum absolute atomic E-state index is 0.0391. The average molecular weight is 356 g/mol. The Bertz CT molecular complexity index is 684. The zero-order valence-electron chi connectivity index (χ0n) is 13.8. The molecule has 6 heteroatoms. The number of amides is 2. The first-order chi connectivity index (χ1) is 12.1. The van der Waals surface area contributed by atoms with E-state index in [1.54, 1.807) is 0 Å². The van der Waals surface area contributed by atoms with Gasteiger partial charge in [0.05, 0.1) is 6.54 Å². The van der Waals surface area contributed by atoms with Crippen molar-refractivity contribution in [3.05, 3.63) is 71.8 Å². The van der Waals surface area contributed by atoms with Crippen molar-refractivity contribution in [2.75, 3.05) is 25.4 Å². The summed E-state index contributed by atoms with van der Waals surface area (Å²) < 4.78 is 13.0. The minimum Gasteiger partial charge on any atom is -0.615 e. The summed E-state index contributed by atoms with van der Waals surface area (Å²) in [6, 6.07) is 19.1. The van der Waals surface area contributed by atoms with E-state index in [-0.39, 0.29) is 29.4 Å². The Labute approximate surface area is 150 Å². The van der Waals surface area contributed by atoms with Crippen LogP contribution in [0, 0.1) is 0 Å². The van der Waals surface area contributed by atoms with Crippen LogP contribution < -0.4 is 5.32 Å². The van der Waals surface area contributed by atoms with Gasteiger partial charge in [0.15, 0.2) is 11.0 Å². The summed E-state index contributed by atoms with van der Waals surface area (Å²) in [7, 11) is 0. The minimum atomic E-state index is -1.43. The average Bonchev–Trinajstić information content (AvgIpc) is 2.63. The van der Waals surface area contributed by atoms with Gasteiger partial charge >= 0.3 is 0 Å². The van der Waals surface area contributed by atoms with Gasteiger partial charge in [-0.2, -0.15) is 0 Å². The monoisotopic (exact) mass is 356 g/mol. The molecule has 1 aliphatic rings. The maximum Gasteiger partial charge on any atom is 0.273 e. The highest BCUT2D eigenvalue weighted by molar-refractivity contribution is 7.92. The quantitative estimate of drug-likeness (QED) is 0.825. The highest BCUT2D eigenvalue weighted by Gasteiger charge is 2.31. The Morgan fingerprint density at radius 2 is 1.64 bits per heavy atom. The van der Waals surface area contributed by atoms with Crippen molar-refractivity contribution in [2.24, 2.45) is 0 Å². The summed E-state index contributed by atoms with van der Waals surface area (Å²) in [6.45, 7) is 0.943. The van der Waals surface area contributed by atoms with E-state index in [1.807, 2.05) is 60.7 Å². The van der Waals surface area contributed by atoms with Gasteiger partial charge in [-0.05, 0) is 11.2 Å².